The van der Waals surface area contributed by atoms with Gasteiger partial charge in [-0.2, -0.15) is 16.4 Å². The van der Waals surface area contributed by atoms with Crippen molar-refractivity contribution in [1.29, 1.82) is 0 Å². The fraction of sp³-hybridized carbons (Fsp3) is 0.273. The van der Waals surface area contributed by atoms with E-state index < -0.39 is 0 Å². The monoisotopic (exact) mass is 437 g/mol. The van der Waals surface area contributed by atoms with E-state index in [2.05, 4.69) is 15.3 Å². The van der Waals surface area contributed by atoms with Crippen molar-refractivity contribution in [2.24, 2.45) is 7.05 Å². The second-order valence-corrected chi connectivity index (χ2v) is 8.37. The van der Waals surface area contributed by atoms with Gasteiger partial charge in [-0.05, 0) is 54.6 Å². The van der Waals surface area contributed by atoms with Crippen LogP contribution in [-0.2, 0) is 7.05 Å². The van der Waals surface area contributed by atoms with Crippen LogP contribution in [0.5, 0.6) is 0 Å². The van der Waals surface area contributed by atoms with Crippen molar-refractivity contribution in [3.8, 4) is 22.7 Å². The number of aryl methyl sites for hydroxylation is 1. The van der Waals surface area contributed by atoms with E-state index in [1.54, 1.807) is 41.3 Å². The van der Waals surface area contributed by atoms with Crippen molar-refractivity contribution in [1.82, 2.24) is 24.9 Å². The zero-order valence-electron chi connectivity index (χ0n) is 16.9. The van der Waals surface area contributed by atoms with Gasteiger partial charge in [-0.25, -0.2) is 4.39 Å². The Kier molecular flexibility index (Phi) is 5.11. The molecule has 0 saturated carbocycles. The maximum absolute atomic E-state index is 13.2. The lowest BCUT2D eigenvalue weighted by molar-refractivity contribution is 0.0687. The van der Waals surface area contributed by atoms with Crippen molar-refractivity contribution in [3.05, 3.63) is 64.6 Å². The molecule has 0 radical (unpaired) electrons. The van der Waals surface area contributed by atoms with Crippen LogP contribution in [0.1, 0.15) is 35.1 Å². The molecule has 31 heavy (non-hydrogen) atoms. The average molecular weight is 438 g/mol. The Morgan fingerprint density at radius 3 is 2.81 bits per heavy atom. The van der Waals surface area contributed by atoms with Gasteiger partial charge in [-0.3, -0.25) is 9.48 Å². The normalized spacial score (nSPS) is 16.6. The smallest absolute Gasteiger partial charge is 0.272 e. The predicted molar refractivity (Wildman–Crippen MR) is 114 cm³/mol. The molecule has 5 rings (SSSR count). The number of rotatable bonds is 4. The number of aromatic nitrogens is 4. The Balaban J connectivity index is 1.33. The molecule has 0 aliphatic carbocycles. The molecule has 0 N–H and O–H groups in total. The highest BCUT2D eigenvalue weighted by atomic mass is 32.1. The molecule has 1 unspecified atom stereocenters. The van der Waals surface area contributed by atoms with Gasteiger partial charge in [0.1, 0.15) is 11.5 Å². The first-order valence-corrected chi connectivity index (χ1v) is 11.0. The van der Waals surface area contributed by atoms with Gasteiger partial charge in [-0.1, -0.05) is 0 Å². The van der Waals surface area contributed by atoms with Crippen molar-refractivity contribution < 1.29 is 13.6 Å². The zero-order chi connectivity index (χ0) is 21.4. The van der Waals surface area contributed by atoms with Gasteiger partial charge < -0.3 is 9.32 Å². The van der Waals surface area contributed by atoms with Gasteiger partial charge in [0.2, 0.25) is 11.8 Å². The van der Waals surface area contributed by atoms with E-state index in [9.17, 15) is 9.18 Å². The van der Waals surface area contributed by atoms with E-state index in [0.717, 1.165) is 24.0 Å². The molecule has 9 heteroatoms. The molecule has 1 aliphatic rings. The Bertz CT molecular complexity index is 1200. The molecule has 3 aromatic heterocycles. The summed E-state index contributed by atoms with van der Waals surface area (Å²) in [7, 11) is 1.74. The summed E-state index contributed by atoms with van der Waals surface area (Å²) >= 11 is 1.58. The van der Waals surface area contributed by atoms with Crippen molar-refractivity contribution >= 4 is 17.2 Å². The number of benzene rings is 1. The van der Waals surface area contributed by atoms with Crippen LogP contribution in [-0.4, -0.2) is 43.9 Å². The highest BCUT2D eigenvalue weighted by molar-refractivity contribution is 7.08. The molecular formula is C22H20FN5O2S. The minimum absolute atomic E-state index is 0.00221. The van der Waals surface area contributed by atoms with Gasteiger partial charge in [0.05, 0.1) is 11.6 Å². The lowest BCUT2D eigenvalue weighted by Crippen LogP contribution is -2.40. The topological polar surface area (TPSA) is 77.1 Å². The third kappa shape index (κ3) is 3.88. The van der Waals surface area contributed by atoms with Crippen molar-refractivity contribution in [2.75, 3.05) is 13.1 Å². The molecule has 4 heterocycles. The zero-order valence-corrected chi connectivity index (χ0v) is 17.7. The molecule has 0 spiro atoms. The fourth-order valence-electron chi connectivity index (χ4n) is 3.86. The van der Waals surface area contributed by atoms with Crippen molar-refractivity contribution in [2.45, 2.75) is 18.8 Å². The second-order valence-electron chi connectivity index (χ2n) is 7.59. The summed E-state index contributed by atoms with van der Waals surface area (Å²) in [5, 5.41) is 16.8. The number of nitrogens with zero attached hydrogens (tertiary/aromatic N) is 5. The van der Waals surface area contributed by atoms with Crippen LogP contribution in [0, 0.1) is 5.82 Å². The van der Waals surface area contributed by atoms with Crippen LogP contribution in [0.15, 0.2) is 51.6 Å². The number of hydrogen-bond donors (Lipinski definition) is 0. The molecule has 1 atom stereocenters. The summed E-state index contributed by atoms with van der Waals surface area (Å²) in [5.74, 6) is 0.678. The Labute approximate surface area is 182 Å². The number of amides is 1. The van der Waals surface area contributed by atoms with Gasteiger partial charge in [0.25, 0.3) is 5.91 Å². The first-order chi connectivity index (χ1) is 15.1. The Morgan fingerprint density at radius 2 is 2.03 bits per heavy atom. The van der Waals surface area contributed by atoms with E-state index in [1.165, 1.54) is 12.1 Å². The van der Waals surface area contributed by atoms with Gasteiger partial charge >= 0.3 is 0 Å². The molecule has 1 fully saturated rings. The lowest BCUT2D eigenvalue weighted by atomic mass is 9.97. The second kappa shape index (κ2) is 8.07. The minimum atomic E-state index is -0.307. The van der Waals surface area contributed by atoms with E-state index in [0.29, 0.717) is 36.3 Å². The highest BCUT2D eigenvalue weighted by Crippen LogP contribution is 2.30. The van der Waals surface area contributed by atoms with Crippen LogP contribution in [0.2, 0.25) is 0 Å². The number of likely N-dealkylation sites (tertiary alicyclic amines) is 1. The number of thiophene rings is 1. The van der Waals surface area contributed by atoms with E-state index >= 15 is 0 Å². The highest BCUT2D eigenvalue weighted by Gasteiger charge is 2.30. The first-order valence-electron chi connectivity index (χ1n) is 10.0. The molecule has 1 aromatic carbocycles. The molecule has 0 bridgehead atoms. The SMILES string of the molecule is Cn1nc(-c2ccc(F)cc2)cc1C(=O)N1CCCC(c2nnc(-c3ccsc3)o2)C1. The summed E-state index contributed by atoms with van der Waals surface area (Å²) in [6.07, 6.45) is 1.75. The Hall–Kier alpha value is -3.33. The molecule has 1 saturated heterocycles. The maximum Gasteiger partial charge on any atom is 0.272 e. The molecule has 4 aromatic rings. The first kappa shape index (κ1) is 19.6. The van der Waals surface area contributed by atoms with Crippen LogP contribution in [0.4, 0.5) is 4.39 Å². The average Bonchev–Trinajstić information content (AvgIpc) is 3.54. The molecule has 1 amide bonds. The molecular weight excluding hydrogens is 417 g/mol. The van der Waals surface area contributed by atoms with E-state index in [1.807, 2.05) is 21.7 Å². The van der Waals surface area contributed by atoms with Gasteiger partial charge in [-0.15, -0.1) is 10.2 Å². The third-order valence-electron chi connectivity index (χ3n) is 5.51. The predicted octanol–water partition coefficient (Wildman–Crippen LogP) is 4.36. The standard InChI is InChI=1S/C22H20FN5O2S/c1-27-19(11-18(26-27)14-4-6-17(23)7-5-14)22(29)28-9-2-3-15(12-28)20-24-25-21(30-20)16-8-10-31-13-16/h4-8,10-11,13,15H,2-3,9,12H2,1H3. The van der Waals surface area contributed by atoms with Gasteiger partial charge in [0, 0.05) is 36.6 Å². The van der Waals surface area contributed by atoms with Crippen LogP contribution in [0.25, 0.3) is 22.7 Å². The fourth-order valence-corrected chi connectivity index (χ4v) is 4.49. The number of carbonyl (C=O) groups is 1. The molecule has 158 valence electrons. The van der Waals surface area contributed by atoms with Crippen molar-refractivity contribution in [3.63, 3.8) is 0 Å². The third-order valence-corrected chi connectivity index (χ3v) is 6.19. The summed E-state index contributed by atoms with van der Waals surface area (Å²) in [5.41, 5.74) is 2.80. The van der Waals surface area contributed by atoms with Crippen LogP contribution >= 0.6 is 11.3 Å². The van der Waals surface area contributed by atoms with Crippen LogP contribution in [0.3, 0.4) is 0 Å². The molecule has 1 aliphatic heterocycles. The lowest BCUT2D eigenvalue weighted by Gasteiger charge is -2.31. The summed E-state index contributed by atoms with van der Waals surface area (Å²) in [4.78, 5) is 15.0. The quantitative estimate of drug-likeness (QED) is 0.474. The summed E-state index contributed by atoms with van der Waals surface area (Å²) in [6.45, 7) is 1.18. The van der Waals surface area contributed by atoms with Gasteiger partial charge in [0.15, 0.2) is 0 Å². The Morgan fingerprint density at radius 1 is 1.19 bits per heavy atom. The number of halogens is 1. The van der Waals surface area contributed by atoms with Crippen LogP contribution < -0.4 is 0 Å². The summed E-state index contributed by atoms with van der Waals surface area (Å²) < 4.78 is 20.7. The van der Waals surface area contributed by atoms with E-state index in [4.69, 9.17) is 4.42 Å². The maximum atomic E-state index is 13.2. The van der Waals surface area contributed by atoms with E-state index in [-0.39, 0.29) is 17.6 Å². The molecule has 7 nitrogen and oxygen atoms in total. The largest absolute Gasteiger partial charge is 0.420 e. The number of hydrogen-bond acceptors (Lipinski definition) is 6. The number of carbonyl (C=O) groups excluding carboxylic acids is 1. The minimum Gasteiger partial charge on any atom is -0.420 e. The number of piperidine rings is 1. The summed E-state index contributed by atoms with van der Waals surface area (Å²) in [6, 6.07) is 9.78.